The van der Waals surface area contributed by atoms with Crippen molar-refractivity contribution in [2.24, 2.45) is 0 Å². The molecule has 1 atom stereocenters. The predicted molar refractivity (Wildman–Crippen MR) is 50.7 cm³/mol. The van der Waals surface area contributed by atoms with Crippen LogP contribution in [0.2, 0.25) is 0 Å². The van der Waals surface area contributed by atoms with E-state index in [4.69, 9.17) is 5.11 Å². The van der Waals surface area contributed by atoms with Gasteiger partial charge in [0.25, 0.3) is 0 Å². The summed E-state index contributed by atoms with van der Waals surface area (Å²) in [4.78, 5) is 0. The van der Waals surface area contributed by atoms with E-state index in [2.05, 4.69) is 5.32 Å². The molecular weight excluding hydrogens is 174 g/mol. The van der Waals surface area contributed by atoms with Crippen LogP contribution in [0.1, 0.15) is 18.0 Å². The zero-order valence-corrected chi connectivity index (χ0v) is 7.47. The summed E-state index contributed by atoms with van der Waals surface area (Å²) in [6.07, 6.45) is 1.21. The first-order valence-corrected chi connectivity index (χ1v) is 3.88. The number of phenolic OH excluding ortho intramolecular Hbond substituents is 1. The fourth-order valence-corrected chi connectivity index (χ4v) is 1.28. The van der Waals surface area contributed by atoms with Crippen molar-refractivity contribution in [3.8, 4) is 5.75 Å². The van der Waals surface area contributed by atoms with E-state index < -0.39 is 0 Å². The molecule has 3 heteroatoms. The highest BCUT2D eigenvalue weighted by molar-refractivity contribution is 5.85. The van der Waals surface area contributed by atoms with Crippen LogP contribution in [0.4, 0.5) is 0 Å². The summed E-state index contributed by atoms with van der Waals surface area (Å²) in [5.74, 6) is 0.341. The standard InChI is InChI=1S/C9H11NO.ClH/c11-8-3-1-7(2-4-8)9-5-6-10-9;/h1-4,9-11H,5-6H2;1H/t9-;/m1./s1. The Kier molecular flexibility index (Phi) is 2.95. The molecule has 2 N–H and O–H groups in total. The molecule has 0 aromatic heterocycles. The minimum atomic E-state index is 0. The summed E-state index contributed by atoms with van der Waals surface area (Å²) in [5.41, 5.74) is 1.27. The molecule has 2 nitrogen and oxygen atoms in total. The number of hydrogen-bond donors (Lipinski definition) is 2. The Balaban J connectivity index is 0.000000720. The van der Waals surface area contributed by atoms with Gasteiger partial charge in [0, 0.05) is 6.04 Å². The molecule has 1 heterocycles. The summed E-state index contributed by atoms with van der Waals surface area (Å²) in [6.45, 7) is 1.12. The number of phenols is 1. The average molecular weight is 186 g/mol. The third-order valence-corrected chi connectivity index (χ3v) is 2.12. The molecule has 2 rings (SSSR count). The molecule has 0 radical (unpaired) electrons. The SMILES string of the molecule is Cl.Oc1ccc([C@H]2CCN2)cc1. The fourth-order valence-electron chi connectivity index (χ4n) is 1.28. The Morgan fingerprint density at radius 2 is 1.83 bits per heavy atom. The normalized spacial score (nSPS) is 20.8. The molecule has 0 amide bonds. The number of rotatable bonds is 1. The quantitative estimate of drug-likeness (QED) is 0.700. The summed E-state index contributed by atoms with van der Waals surface area (Å²) < 4.78 is 0. The Hall–Kier alpha value is -0.730. The van der Waals surface area contributed by atoms with Crippen LogP contribution >= 0.6 is 12.4 Å². The molecule has 0 aliphatic carbocycles. The van der Waals surface area contributed by atoms with Gasteiger partial charge in [-0.1, -0.05) is 12.1 Å². The van der Waals surface area contributed by atoms with Gasteiger partial charge in [0.1, 0.15) is 5.75 Å². The van der Waals surface area contributed by atoms with E-state index in [0.717, 1.165) is 6.54 Å². The molecule has 0 saturated carbocycles. The first kappa shape index (κ1) is 9.36. The second-order valence-corrected chi connectivity index (χ2v) is 2.89. The van der Waals surface area contributed by atoms with Crippen LogP contribution in [0.5, 0.6) is 5.75 Å². The van der Waals surface area contributed by atoms with Gasteiger partial charge in [0.05, 0.1) is 0 Å². The van der Waals surface area contributed by atoms with E-state index in [1.165, 1.54) is 12.0 Å². The highest BCUT2D eigenvalue weighted by atomic mass is 35.5. The lowest BCUT2D eigenvalue weighted by Gasteiger charge is -2.27. The number of benzene rings is 1. The van der Waals surface area contributed by atoms with Crippen molar-refractivity contribution in [3.63, 3.8) is 0 Å². The first-order valence-electron chi connectivity index (χ1n) is 3.88. The number of halogens is 1. The Bertz CT molecular complexity index is 243. The van der Waals surface area contributed by atoms with Crippen LogP contribution in [0.15, 0.2) is 24.3 Å². The van der Waals surface area contributed by atoms with Crippen molar-refractivity contribution in [1.82, 2.24) is 5.32 Å². The predicted octanol–water partition coefficient (Wildman–Crippen LogP) is 1.85. The van der Waals surface area contributed by atoms with Gasteiger partial charge in [-0.3, -0.25) is 0 Å². The maximum atomic E-state index is 9.01. The third kappa shape index (κ3) is 1.71. The summed E-state index contributed by atoms with van der Waals surface area (Å²) >= 11 is 0. The van der Waals surface area contributed by atoms with Gasteiger partial charge in [-0.15, -0.1) is 12.4 Å². The van der Waals surface area contributed by atoms with Gasteiger partial charge in [0.2, 0.25) is 0 Å². The largest absolute Gasteiger partial charge is 0.508 e. The van der Waals surface area contributed by atoms with E-state index in [1.54, 1.807) is 12.1 Å². The van der Waals surface area contributed by atoms with Crippen LogP contribution in [-0.2, 0) is 0 Å². The van der Waals surface area contributed by atoms with Gasteiger partial charge < -0.3 is 10.4 Å². The number of nitrogens with one attached hydrogen (secondary N) is 1. The second-order valence-electron chi connectivity index (χ2n) is 2.89. The van der Waals surface area contributed by atoms with E-state index in [0.29, 0.717) is 11.8 Å². The molecule has 0 bridgehead atoms. The van der Waals surface area contributed by atoms with Gasteiger partial charge in [-0.05, 0) is 30.7 Å². The molecule has 1 fully saturated rings. The minimum Gasteiger partial charge on any atom is -0.508 e. The third-order valence-electron chi connectivity index (χ3n) is 2.12. The Morgan fingerprint density at radius 1 is 1.25 bits per heavy atom. The zero-order valence-electron chi connectivity index (χ0n) is 6.66. The van der Waals surface area contributed by atoms with Crippen LogP contribution in [0.3, 0.4) is 0 Å². The van der Waals surface area contributed by atoms with Crippen molar-refractivity contribution in [1.29, 1.82) is 0 Å². The van der Waals surface area contributed by atoms with Gasteiger partial charge >= 0.3 is 0 Å². The molecule has 1 aromatic carbocycles. The van der Waals surface area contributed by atoms with Crippen molar-refractivity contribution in [2.45, 2.75) is 12.5 Å². The highest BCUT2D eigenvalue weighted by Crippen LogP contribution is 2.23. The average Bonchev–Trinajstić information content (AvgIpc) is 1.90. The van der Waals surface area contributed by atoms with E-state index in [1.807, 2.05) is 12.1 Å². The summed E-state index contributed by atoms with van der Waals surface area (Å²) in [7, 11) is 0. The summed E-state index contributed by atoms with van der Waals surface area (Å²) in [5, 5.41) is 12.3. The molecular formula is C9H12ClNO. The maximum absolute atomic E-state index is 9.01. The van der Waals surface area contributed by atoms with Crippen molar-refractivity contribution in [3.05, 3.63) is 29.8 Å². The zero-order chi connectivity index (χ0) is 7.68. The number of aromatic hydroxyl groups is 1. The lowest BCUT2D eigenvalue weighted by Crippen LogP contribution is -2.34. The fraction of sp³-hybridized carbons (Fsp3) is 0.333. The maximum Gasteiger partial charge on any atom is 0.115 e. The lowest BCUT2D eigenvalue weighted by molar-refractivity contribution is 0.382. The molecule has 1 aliphatic heterocycles. The second kappa shape index (κ2) is 3.78. The molecule has 12 heavy (non-hydrogen) atoms. The molecule has 66 valence electrons. The van der Waals surface area contributed by atoms with Crippen molar-refractivity contribution < 1.29 is 5.11 Å². The molecule has 1 aliphatic rings. The van der Waals surface area contributed by atoms with E-state index in [-0.39, 0.29) is 12.4 Å². The van der Waals surface area contributed by atoms with Crippen LogP contribution in [0.25, 0.3) is 0 Å². The summed E-state index contributed by atoms with van der Waals surface area (Å²) in [6, 6.07) is 7.92. The Labute approximate surface area is 78.0 Å². The van der Waals surface area contributed by atoms with E-state index in [9.17, 15) is 0 Å². The monoisotopic (exact) mass is 185 g/mol. The number of hydrogen-bond acceptors (Lipinski definition) is 2. The molecule has 1 saturated heterocycles. The molecule has 0 spiro atoms. The molecule has 1 aromatic rings. The van der Waals surface area contributed by atoms with Crippen LogP contribution in [-0.4, -0.2) is 11.7 Å². The minimum absolute atomic E-state index is 0. The van der Waals surface area contributed by atoms with E-state index >= 15 is 0 Å². The Morgan fingerprint density at radius 3 is 2.25 bits per heavy atom. The van der Waals surface area contributed by atoms with Gasteiger partial charge in [-0.25, -0.2) is 0 Å². The molecule has 0 unspecified atom stereocenters. The topological polar surface area (TPSA) is 32.3 Å². The first-order chi connectivity index (χ1) is 5.36. The van der Waals surface area contributed by atoms with Crippen molar-refractivity contribution >= 4 is 12.4 Å². The van der Waals surface area contributed by atoms with Crippen molar-refractivity contribution in [2.75, 3.05) is 6.54 Å². The smallest absolute Gasteiger partial charge is 0.115 e. The highest BCUT2D eigenvalue weighted by Gasteiger charge is 2.17. The van der Waals surface area contributed by atoms with Gasteiger partial charge in [0.15, 0.2) is 0 Å². The lowest BCUT2D eigenvalue weighted by atomic mass is 9.98. The van der Waals surface area contributed by atoms with Crippen LogP contribution in [0, 0.1) is 0 Å². The van der Waals surface area contributed by atoms with Gasteiger partial charge in [-0.2, -0.15) is 0 Å². The van der Waals surface area contributed by atoms with Crippen LogP contribution < -0.4 is 5.32 Å².